The Bertz CT molecular complexity index is 1700. The van der Waals surface area contributed by atoms with E-state index in [2.05, 4.69) is 21.3 Å². The molecule has 0 unspecified atom stereocenters. The molecule has 14 N–H and O–H groups in total. The lowest BCUT2D eigenvalue weighted by molar-refractivity contribution is -0.366. The lowest BCUT2D eigenvalue weighted by Crippen LogP contribution is -2.72. The largest absolute Gasteiger partial charge is 0.479 e. The fourth-order valence-corrected chi connectivity index (χ4v) is 8.04. The highest BCUT2D eigenvalue weighted by Crippen LogP contribution is 2.36. The predicted octanol–water partition coefficient (Wildman–Crippen LogP) is -8.18. The number of hydrogen-bond acceptors (Lipinski definition) is 23. The first-order valence-electron chi connectivity index (χ1n) is 21.1. The lowest BCUT2D eigenvalue weighted by Gasteiger charge is -2.52. The first-order chi connectivity index (χ1) is 31.5. The molecule has 4 amide bonds. The van der Waals surface area contributed by atoms with Crippen molar-refractivity contribution in [3.05, 3.63) is 0 Å². The molecule has 4 aliphatic heterocycles. The van der Waals surface area contributed by atoms with Gasteiger partial charge in [-0.05, 0) is 13.8 Å². The Balaban J connectivity index is 1.75. The van der Waals surface area contributed by atoms with Crippen molar-refractivity contribution in [2.24, 2.45) is 0 Å². The molecule has 0 spiro atoms. The van der Waals surface area contributed by atoms with E-state index in [1.165, 1.54) is 0 Å². The van der Waals surface area contributed by atoms with Crippen molar-refractivity contribution >= 4 is 35.6 Å². The predicted molar refractivity (Wildman–Crippen MR) is 212 cm³/mol. The van der Waals surface area contributed by atoms with E-state index < -0.39 is 197 Å². The molecule has 4 saturated heterocycles. The molecule has 4 fully saturated rings. The van der Waals surface area contributed by atoms with Gasteiger partial charge in [-0.1, -0.05) is 0 Å². The summed E-state index contributed by atoms with van der Waals surface area (Å²) in [4.78, 5) is 73.9. The Labute approximate surface area is 381 Å². The minimum Gasteiger partial charge on any atom is -0.479 e. The summed E-state index contributed by atoms with van der Waals surface area (Å²) in [5.74, 6) is -6.13. The maximum absolute atomic E-state index is 12.8. The Morgan fingerprint density at radius 3 is 1.19 bits per heavy atom. The summed E-state index contributed by atoms with van der Waals surface area (Å²) in [6.45, 7) is 2.61. The second-order valence-corrected chi connectivity index (χ2v) is 16.3. The van der Waals surface area contributed by atoms with Crippen molar-refractivity contribution in [1.82, 2.24) is 21.3 Å². The summed E-state index contributed by atoms with van der Waals surface area (Å²) in [5.41, 5.74) is 0. The van der Waals surface area contributed by atoms with Gasteiger partial charge >= 0.3 is 11.9 Å². The lowest BCUT2D eigenvalue weighted by atomic mass is 9.93. The number of aliphatic hydroxyl groups is 8. The second-order valence-electron chi connectivity index (χ2n) is 16.3. The Morgan fingerprint density at radius 1 is 0.448 bits per heavy atom. The average Bonchev–Trinajstić information content (AvgIpc) is 3.25. The van der Waals surface area contributed by atoms with Crippen LogP contribution in [0.5, 0.6) is 0 Å². The van der Waals surface area contributed by atoms with Crippen LogP contribution >= 0.6 is 0 Å². The van der Waals surface area contributed by atoms with Gasteiger partial charge in [-0.3, -0.25) is 19.2 Å². The van der Waals surface area contributed by atoms with E-state index in [-0.39, 0.29) is 0 Å². The number of carboxylic acid groups (broad SMARTS) is 2. The Morgan fingerprint density at radius 2 is 0.776 bits per heavy atom. The third-order valence-corrected chi connectivity index (χ3v) is 11.2. The molecule has 0 saturated carbocycles. The smallest absolute Gasteiger partial charge is 0.332 e. The van der Waals surface area contributed by atoms with Gasteiger partial charge in [0.1, 0.15) is 97.4 Å². The zero-order valence-electron chi connectivity index (χ0n) is 37.1. The van der Waals surface area contributed by atoms with Crippen molar-refractivity contribution in [2.75, 3.05) is 26.4 Å². The molecule has 0 aromatic rings. The van der Waals surface area contributed by atoms with Gasteiger partial charge in [-0.15, -0.1) is 0 Å². The molecule has 29 nitrogen and oxygen atoms in total. The first kappa shape index (κ1) is 55.7. The molecule has 0 radical (unpaired) electrons. The highest BCUT2D eigenvalue weighted by atomic mass is 16.8. The van der Waals surface area contributed by atoms with Gasteiger partial charge in [-0.25, -0.2) is 9.59 Å². The van der Waals surface area contributed by atoms with Crippen LogP contribution < -0.4 is 21.3 Å². The summed E-state index contributed by atoms with van der Waals surface area (Å²) in [6.07, 6.45) is -31.5. The van der Waals surface area contributed by atoms with E-state index in [9.17, 15) is 79.8 Å². The number of carboxylic acids is 2. The number of aliphatic hydroxyl groups excluding tert-OH is 8. The van der Waals surface area contributed by atoms with Crippen LogP contribution in [-0.2, 0) is 71.4 Å². The molecule has 67 heavy (non-hydrogen) atoms. The molecule has 0 aromatic carbocycles. The molecule has 29 heteroatoms. The van der Waals surface area contributed by atoms with Crippen molar-refractivity contribution in [1.29, 1.82) is 0 Å². The number of hydrogen-bond donors (Lipinski definition) is 14. The monoisotopic (exact) mass is 974 g/mol. The van der Waals surface area contributed by atoms with Gasteiger partial charge in [-0.2, -0.15) is 0 Å². The van der Waals surface area contributed by atoms with E-state index in [0.717, 1.165) is 41.5 Å². The number of rotatable bonds is 20. The normalized spacial score (nSPS) is 39.9. The molecule has 0 aliphatic carbocycles. The third-order valence-electron chi connectivity index (χ3n) is 11.2. The molecular weight excluding hydrogens is 912 g/mol. The van der Waals surface area contributed by atoms with E-state index in [4.69, 9.17) is 42.6 Å². The molecule has 4 aliphatic rings. The SMILES string of the molecule is CC(=O)N[C@@H]1[C@H](O[C@H]2[C@@H](O[C@H](C)C(=O)O)[C@@H](NC(C)=O)[C@@H](O[C@H]3[C@@H](O)[C@@H](NC(C)=O)[C@@H](O[C@H]4[C@@H](O[C@H](C)C(=O)O)[C@@H](NC(C)=O)[C@@H](O)O[C@H]4CO)O[C@H]3CO)O[C@H]2CO)O[C@H](CO)[C@@H](O)[C@@H]1O. The van der Waals surface area contributed by atoms with Crippen LogP contribution in [0, 0.1) is 0 Å². The maximum Gasteiger partial charge on any atom is 0.332 e. The molecule has 4 heterocycles. The highest BCUT2D eigenvalue weighted by molar-refractivity contribution is 5.75. The third kappa shape index (κ3) is 13.7. The zero-order chi connectivity index (χ0) is 50.2. The van der Waals surface area contributed by atoms with Gasteiger partial charge in [0.2, 0.25) is 23.6 Å². The van der Waals surface area contributed by atoms with E-state index in [1.807, 2.05) is 0 Å². The van der Waals surface area contributed by atoms with Crippen LogP contribution in [0.15, 0.2) is 0 Å². The number of amides is 4. The van der Waals surface area contributed by atoms with Gasteiger partial charge in [0.05, 0.1) is 26.4 Å². The summed E-state index contributed by atoms with van der Waals surface area (Å²) in [5, 5.41) is 115. The molecule has 22 atom stereocenters. The standard InChI is InChI=1S/C38H62N4O25/c1-11(33(54)55)59-31-23(41-15(5)49)35(58)61-19(9-45)29(31)66-37-22(40-14(4)48)27(53)28(18(8-44)63-37)65-38-24(42-16(6)50)32(60-12(2)34(56)57)30(20(10-46)64-38)67-36-21(39-13(3)47)26(52)25(51)17(7-43)62-36/h11-12,17-32,35-38,43-46,51-53,58H,7-10H2,1-6H3,(H,39,47)(H,40,48)(H,41,49)(H,42,50)(H,54,55)(H,56,57)/t11-,12-,17-,18+,19+,20+,21+,22-,23-,24-,25-,26-,27+,28-,29-,30-,31+,32+,35+,36+,37-,38-/m1/s1. The van der Waals surface area contributed by atoms with Crippen LogP contribution in [0.2, 0.25) is 0 Å². The van der Waals surface area contributed by atoms with Gasteiger partial charge in [0.25, 0.3) is 0 Å². The highest BCUT2D eigenvalue weighted by Gasteiger charge is 2.57. The van der Waals surface area contributed by atoms with Gasteiger partial charge < -0.3 is 115 Å². The van der Waals surface area contributed by atoms with Crippen LogP contribution in [0.25, 0.3) is 0 Å². The first-order valence-corrected chi connectivity index (χ1v) is 21.1. The van der Waals surface area contributed by atoms with Crippen molar-refractivity contribution in [3.63, 3.8) is 0 Å². The quantitative estimate of drug-likeness (QED) is 0.0539. The van der Waals surface area contributed by atoms with Crippen molar-refractivity contribution in [3.8, 4) is 0 Å². The van der Waals surface area contributed by atoms with E-state index in [1.54, 1.807) is 0 Å². The molecule has 4 rings (SSSR count). The maximum atomic E-state index is 12.8. The second kappa shape index (κ2) is 24.6. The van der Waals surface area contributed by atoms with Crippen LogP contribution in [0.3, 0.4) is 0 Å². The Hall–Kier alpha value is -3.86. The van der Waals surface area contributed by atoms with Crippen LogP contribution in [0.1, 0.15) is 41.5 Å². The fraction of sp³-hybridized carbons (Fsp3) is 0.842. The summed E-state index contributed by atoms with van der Waals surface area (Å²) < 4.78 is 53.4. The average molecular weight is 975 g/mol. The topological polar surface area (TPSA) is 436 Å². The number of carbonyl (C=O) groups excluding carboxylic acids is 4. The summed E-state index contributed by atoms with van der Waals surface area (Å²) in [7, 11) is 0. The molecular formula is C38H62N4O25. The zero-order valence-corrected chi connectivity index (χ0v) is 37.1. The molecule has 0 bridgehead atoms. The van der Waals surface area contributed by atoms with E-state index >= 15 is 0 Å². The minimum absolute atomic E-state index is 0.731. The molecule has 384 valence electrons. The van der Waals surface area contributed by atoms with Gasteiger partial charge in [0, 0.05) is 27.7 Å². The molecule has 0 aromatic heterocycles. The van der Waals surface area contributed by atoms with Crippen LogP contribution in [-0.4, -0.2) is 248 Å². The fourth-order valence-electron chi connectivity index (χ4n) is 8.04. The minimum atomic E-state index is -2.02. The summed E-state index contributed by atoms with van der Waals surface area (Å²) >= 11 is 0. The van der Waals surface area contributed by atoms with Crippen LogP contribution in [0.4, 0.5) is 0 Å². The van der Waals surface area contributed by atoms with Crippen molar-refractivity contribution < 1.29 is 122 Å². The Kier molecular flexibility index (Phi) is 20.5. The summed E-state index contributed by atoms with van der Waals surface area (Å²) in [6, 6.07) is -6.54. The number of carbonyl (C=O) groups is 6. The van der Waals surface area contributed by atoms with Crippen molar-refractivity contribution in [2.45, 2.75) is 176 Å². The number of nitrogens with one attached hydrogen (secondary N) is 4. The van der Waals surface area contributed by atoms with Gasteiger partial charge in [0.15, 0.2) is 37.4 Å². The number of ether oxygens (including phenoxy) is 9. The number of aliphatic carboxylic acids is 2. The van der Waals surface area contributed by atoms with E-state index in [0.29, 0.717) is 0 Å².